The zero-order chi connectivity index (χ0) is 28.0. The molecule has 0 bridgehead atoms. The maximum Gasteiger partial charge on any atom is 0.323 e. The lowest BCUT2D eigenvalue weighted by atomic mass is 9.86. The molecule has 40 heavy (non-hydrogen) atoms. The zero-order valence-electron chi connectivity index (χ0n) is 23.3. The van der Waals surface area contributed by atoms with Crippen molar-refractivity contribution in [3.63, 3.8) is 0 Å². The number of likely N-dealkylation sites (tertiary alicyclic amines) is 1. The van der Waals surface area contributed by atoms with Crippen LogP contribution >= 0.6 is 0 Å². The molecule has 2 amide bonds. The van der Waals surface area contributed by atoms with E-state index in [4.69, 9.17) is 9.47 Å². The molecule has 0 unspecified atom stereocenters. The molecule has 1 aromatic heterocycles. The van der Waals surface area contributed by atoms with E-state index in [2.05, 4.69) is 65.6 Å². The quantitative estimate of drug-likeness (QED) is 0.244. The van der Waals surface area contributed by atoms with Crippen LogP contribution in [0.2, 0.25) is 0 Å². The summed E-state index contributed by atoms with van der Waals surface area (Å²) >= 11 is 0. The van der Waals surface area contributed by atoms with Crippen LogP contribution in [0.4, 0.5) is 16.2 Å². The Morgan fingerprint density at radius 1 is 0.950 bits per heavy atom. The summed E-state index contributed by atoms with van der Waals surface area (Å²) in [6, 6.07) is 29.0. The molecule has 3 aromatic carbocycles. The van der Waals surface area contributed by atoms with Crippen molar-refractivity contribution >= 4 is 17.4 Å². The molecule has 1 aliphatic rings. The zero-order valence-corrected chi connectivity index (χ0v) is 23.3. The maximum atomic E-state index is 12.9. The van der Waals surface area contributed by atoms with Gasteiger partial charge >= 0.3 is 6.03 Å². The van der Waals surface area contributed by atoms with Crippen LogP contribution in [-0.2, 0) is 12.0 Å². The number of amides is 2. The Bertz CT molecular complexity index is 1440. The molecule has 1 aliphatic heterocycles. The fraction of sp³-hybridized carbons (Fsp3) is 0.273. The second kappa shape index (κ2) is 12.2. The Kier molecular flexibility index (Phi) is 8.31. The third-order valence-electron chi connectivity index (χ3n) is 6.79. The Hall–Kier alpha value is -4.36. The molecule has 0 radical (unpaired) electrons. The van der Waals surface area contributed by atoms with Gasteiger partial charge in [-0.25, -0.2) is 9.78 Å². The Balaban J connectivity index is 1.19. The summed E-state index contributed by atoms with van der Waals surface area (Å²) in [5, 5.41) is 5.77. The summed E-state index contributed by atoms with van der Waals surface area (Å²) in [6.45, 7) is 9.18. The van der Waals surface area contributed by atoms with Gasteiger partial charge in [0.2, 0.25) is 5.88 Å². The number of ether oxygens (including phenoxy) is 2. The molecule has 7 heteroatoms. The van der Waals surface area contributed by atoms with Crippen LogP contribution in [0.5, 0.6) is 17.4 Å². The van der Waals surface area contributed by atoms with E-state index in [9.17, 15) is 4.79 Å². The Morgan fingerprint density at radius 2 is 1.75 bits per heavy atom. The van der Waals surface area contributed by atoms with Crippen LogP contribution in [0.1, 0.15) is 38.3 Å². The first kappa shape index (κ1) is 27.2. The summed E-state index contributed by atoms with van der Waals surface area (Å²) in [4.78, 5) is 19.7. The predicted molar refractivity (Wildman–Crippen MR) is 159 cm³/mol. The number of para-hydroxylation sites is 1. The van der Waals surface area contributed by atoms with Gasteiger partial charge in [0.15, 0.2) is 0 Å². The lowest BCUT2D eigenvalue weighted by Gasteiger charge is -2.22. The number of nitrogens with one attached hydrogen (secondary N) is 2. The SMILES string of the molecule is CC(C)(C)c1ccccc1Oc1ncccc1NC(=O)Nc1cccc(O[C@H]2CCN(Cc3ccccc3)C2)c1. The van der Waals surface area contributed by atoms with Crippen LogP contribution in [-0.4, -0.2) is 35.1 Å². The van der Waals surface area contributed by atoms with E-state index in [0.717, 1.165) is 37.4 Å². The molecule has 7 nitrogen and oxygen atoms in total. The lowest BCUT2D eigenvalue weighted by molar-refractivity contribution is 0.198. The second-order valence-electron chi connectivity index (χ2n) is 11.1. The van der Waals surface area contributed by atoms with Gasteiger partial charge in [0.1, 0.15) is 23.3 Å². The number of carbonyl (C=O) groups is 1. The first-order chi connectivity index (χ1) is 19.3. The summed E-state index contributed by atoms with van der Waals surface area (Å²) < 4.78 is 12.4. The van der Waals surface area contributed by atoms with Crippen molar-refractivity contribution in [2.75, 3.05) is 23.7 Å². The third-order valence-corrected chi connectivity index (χ3v) is 6.79. The molecule has 0 aliphatic carbocycles. The molecule has 1 atom stereocenters. The molecule has 1 saturated heterocycles. The molecule has 0 saturated carbocycles. The third kappa shape index (κ3) is 7.18. The van der Waals surface area contributed by atoms with E-state index in [1.807, 2.05) is 54.6 Å². The average molecular weight is 537 g/mol. The molecule has 2 N–H and O–H groups in total. The number of hydrogen-bond donors (Lipinski definition) is 2. The largest absolute Gasteiger partial charge is 0.489 e. The predicted octanol–water partition coefficient (Wildman–Crippen LogP) is 7.47. The molecule has 206 valence electrons. The van der Waals surface area contributed by atoms with E-state index in [1.54, 1.807) is 18.3 Å². The number of rotatable bonds is 8. The molecular weight excluding hydrogens is 500 g/mol. The Labute approximate surface area is 236 Å². The van der Waals surface area contributed by atoms with Crippen LogP contribution in [0.3, 0.4) is 0 Å². The lowest BCUT2D eigenvalue weighted by Crippen LogP contribution is -2.24. The van der Waals surface area contributed by atoms with Crippen LogP contribution in [0, 0.1) is 0 Å². The molecule has 0 spiro atoms. The number of pyridine rings is 1. The normalized spacial score (nSPS) is 15.4. The highest BCUT2D eigenvalue weighted by Crippen LogP contribution is 2.35. The van der Waals surface area contributed by atoms with Crippen LogP contribution in [0.15, 0.2) is 97.2 Å². The number of aromatic nitrogens is 1. The number of carbonyl (C=O) groups excluding carboxylic acids is 1. The fourth-order valence-electron chi connectivity index (χ4n) is 4.85. The van der Waals surface area contributed by atoms with Crippen molar-refractivity contribution in [3.05, 3.63) is 108 Å². The summed E-state index contributed by atoms with van der Waals surface area (Å²) in [6.07, 6.45) is 2.72. The van der Waals surface area contributed by atoms with E-state index in [1.165, 1.54) is 5.56 Å². The van der Waals surface area contributed by atoms with Gasteiger partial charge in [-0.1, -0.05) is 75.4 Å². The van der Waals surface area contributed by atoms with Crippen molar-refractivity contribution in [1.82, 2.24) is 9.88 Å². The minimum atomic E-state index is -0.394. The minimum Gasteiger partial charge on any atom is -0.489 e. The smallest absolute Gasteiger partial charge is 0.323 e. The molecule has 1 fully saturated rings. The first-order valence-corrected chi connectivity index (χ1v) is 13.7. The molecule has 2 heterocycles. The van der Waals surface area contributed by atoms with E-state index in [-0.39, 0.29) is 11.5 Å². The highest BCUT2D eigenvalue weighted by molar-refractivity contribution is 6.00. The topological polar surface area (TPSA) is 75.7 Å². The number of nitrogens with zero attached hydrogens (tertiary/aromatic N) is 2. The summed E-state index contributed by atoms with van der Waals surface area (Å²) in [5.41, 5.74) is 3.36. The Morgan fingerprint density at radius 3 is 2.58 bits per heavy atom. The van der Waals surface area contributed by atoms with Crippen LogP contribution < -0.4 is 20.1 Å². The summed E-state index contributed by atoms with van der Waals surface area (Å²) in [5.74, 6) is 1.76. The monoisotopic (exact) mass is 536 g/mol. The first-order valence-electron chi connectivity index (χ1n) is 13.7. The van der Waals surface area contributed by atoms with Gasteiger partial charge in [-0.2, -0.15) is 0 Å². The molecule has 4 aromatic rings. The van der Waals surface area contributed by atoms with Gasteiger partial charge in [-0.3, -0.25) is 4.90 Å². The van der Waals surface area contributed by atoms with Crippen molar-refractivity contribution in [1.29, 1.82) is 0 Å². The highest BCUT2D eigenvalue weighted by Gasteiger charge is 2.24. The number of urea groups is 1. The minimum absolute atomic E-state index is 0.109. The highest BCUT2D eigenvalue weighted by atomic mass is 16.5. The van der Waals surface area contributed by atoms with Crippen molar-refractivity contribution in [2.45, 2.75) is 45.3 Å². The van der Waals surface area contributed by atoms with Crippen LogP contribution in [0.25, 0.3) is 0 Å². The van der Waals surface area contributed by atoms with Gasteiger partial charge in [0.05, 0.1) is 0 Å². The fourth-order valence-corrected chi connectivity index (χ4v) is 4.85. The van der Waals surface area contributed by atoms with Gasteiger partial charge in [-0.15, -0.1) is 0 Å². The number of hydrogen-bond acceptors (Lipinski definition) is 5. The summed E-state index contributed by atoms with van der Waals surface area (Å²) in [7, 11) is 0. The number of anilines is 2. The molecule has 5 rings (SSSR count). The van der Waals surface area contributed by atoms with Gasteiger partial charge in [-0.05, 0) is 47.7 Å². The van der Waals surface area contributed by atoms with E-state index < -0.39 is 6.03 Å². The second-order valence-corrected chi connectivity index (χ2v) is 11.1. The van der Waals surface area contributed by atoms with E-state index >= 15 is 0 Å². The number of benzene rings is 3. The van der Waals surface area contributed by atoms with Gasteiger partial charge in [0.25, 0.3) is 0 Å². The van der Waals surface area contributed by atoms with Gasteiger partial charge < -0.3 is 20.1 Å². The average Bonchev–Trinajstić information content (AvgIpc) is 3.36. The van der Waals surface area contributed by atoms with E-state index in [0.29, 0.717) is 23.0 Å². The van der Waals surface area contributed by atoms with Gasteiger partial charge in [0, 0.05) is 43.1 Å². The standard InChI is InChI=1S/C33H36N4O3/c1-33(2,3)28-15-7-8-17-30(28)40-31-29(16-10-19-34-31)36-32(38)35-25-13-9-14-26(21-25)39-27-18-20-37(23-27)22-24-11-5-4-6-12-24/h4-17,19,21,27H,18,20,22-23H2,1-3H3,(H2,35,36,38)/t27-/m0/s1. The molecular formula is C33H36N4O3. The van der Waals surface area contributed by atoms with Crippen molar-refractivity contribution < 1.29 is 14.3 Å². The maximum absolute atomic E-state index is 12.9. The van der Waals surface area contributed by atoms with Crippen molar-refractivity contribution in [2.24, 2.45) is 0 Å². The van der Waals surface area contributed by atoms with Crippen molar-refractivity contribution in [3.8, 4) is 17.4 Å².